The number of halogens is 1. The number of esters is 1. The van der Waals surface area contributed by atoms with E-state index in [0.717, 1.165) is 10.8 Å². The highest BCUT2D eigenvalue weighted by Gasteiger charge is 2.12. The lowest BCUT2D eigenvalue weighted by Crippen LogP contribution is -2.17. The standard InChI is InChI=1S/C18H12BrNO5/c19-18-15-4-2-1-3-12(15)5-10-16(18)25-17(21)11-24-14-8-6-13(7-9-14)20(22)23/h1-10H,11H2. The van der Waals surface area contributed by atoms with Gasteiger partial charge in [0.1, 0.15) is 11.5 Å². The maximum absolute atomic E-state index is 12.0. The zero-order valence-corrected chi connectivity index (χ0v) is 14.4. The number of carbonyl (C=O) groups is 1. The molecule has 3 aromatic rings. The second kappa shape index (κ2) is 7.31. The topological polar surface area (TPSA) is 78.7 Å². The normalized spacial score (nSPS) is 10.4. The van der Waals surface area contributed by atoms with Crippen molar-refractivity contribution >= 4 is 38.4 Å². The Morgan fingerprint density at radius 3 is 2.48 bits per heavy atom. The maximum atomic E-state index is 12.0. The number of ether oxygens (including phenoxy) is 2. The molecule has 0 heterocycles. The van der Waals surface area contributed by atoms with Crippen molar-refractivity contribution in [2.45, 2.75) is 0 Å². The van der Waals surface area contributed by atoms with Crippen LogP contribution in [0, 0.1) is 10.1 Å². The van der Waals surface area contributed by atoms with Crippen molar-refractivity contribution in [2.24, 2.45) is 0 Å². The fraction of sp³-hybridized carbons (Fsp3) is 0.0556. The molecule has 0 aromatic heterocycles. The summed E-state index contributed by atoms with van der Waals surface area (Å²) in [7, 11) is 0. The van der Waals surface area contributed by atoms with E-state index in [4.69, 9.17) is 9.47 Å². The van der Waals surface area contributed by atoms with E-state index in [9.17, 15) is 14.9 Å². The van der Waals surface area contributed by atoms with Gasteiger partial charge in [-0.05, 0) is 44.9 Å². The van der Waals surface area contributed by atoms with Crippen LogP contribution in [-0.4, -0.2) is 17.5 Å². The third-order valence-corrected chi connectivity index (χ3v) is 4.27. The molecule has 0 fully saturated rings. The Bertz CT molecular complexity index is 940. The highest BCUT2D eigenvalue weighted by Crippen LogP contribution is 2.33. The first-order valence-corrected chi connectivity index (χ1v) is 8.09. The molecule has 0 atom stereocenters. The predicted molar refractivity (Wildman–Crippen MR) is 95.9 cm³/mol. The summed E-state index contributed by atoms with van der Waals surface area (Å²) in [6.45, 7) is -0.308. The van der Waals surface area contributed by atoms with Crippen molar-refractivity contribution in [3.63, 3.8) is 0 Å². The van der Waals surface area contributed by atoms with E-state index in [2.05, 4.69) is 15.9 Å². The van der Waals surface area contributed by atoms with E-state index in [1.807, 2.05) is 30.3 Å². The van der Waals surface area contributed by atoms with Gasteiger partial charge in [0.05, 0.1) is 9.40 Å². The number of rotatable bonds is 5. The van der Waals surface area contributed by atoms with Crippen LogP contribution in [0.4, 0.5) is 5.69 Å². The predicted octanol–water partition coefficient (Wildman–Crippen LogP) is 4.49. The Labute approximate surface area is 151 Å². The van der Waals surface area contributed by atoms with Crippen LogP contribution in [-0.2, 0) is 4.79 Å². The number of nitro groups is 1. The molecule has 0 radical (unpaired) electrons. The molecule has 7 heteroatoms. The summed E-state index contributed by atoms with van der Waals surface area (Å²) < 4.78 is 11.3. The zero-order valence-electron chi connectivity index (χ0n) is 12.8. The van der Waals surface area contributed by atoms with Gasteiger partial charge in [-0.25, -0.2) is 4.79 Å². The summed E-state index contributed by atoms with van der Waals surface area (Å²) in [6, 6.07) is 16.7. The monoisotopic (exact) mass is 401 g/mol. The number of hydrogen-bond donors (Lipinski definition) is 0. The van der Waals surface area contributed by atoms with Crippen LogP contribution in [0.15, 0.2) is 65.1 Å². The van der Waals surface area contributed by atoms with E-state index in [0.29, 0.717) is 16.0 Å². The Morgan fingerprint density at radius 1 is 1.04 bits per heavy atom. The lowest BCUT2D eigenvalue weighted by molar-refractivity contribution is -0.384. The molecule has 0 unspecified atom stereocenters. The lowest BCUT2D eigenvalue weighted by Gasteiger charge is -2.10. The van der Waals surface area contributed by atoms with Crippen LogP contribution in [0.25, 0.3) is 10.8 Å². The molecule has 0 aliphatic carbocycles. The summed E-state index contributed by atoms with van der Waals surface area (Å²) in [6.07, 6.45) is 0. The van der Waals surface area contributed by atoms with Crippen LogP contribution in [0.3, 0.4) is 0 Å². The summed E-state index contributed by atoms with van der Waals surface area (Å²) in [5.41, 5.74) is -0.0463. The molecule has 0 aliphatic heterocycles. The van der Waals surface area contributed by atoms with E-state index in [-0.39, 0.29) is 12.3 Å². The number of fused-ring (bicyclic) bond motifs is 1. The smallest absolute Gasteiger partial charge is 0.349 e. The summed E-state index contributed by atoms with van der Waals surface area (Å²) in [5, 5.41) is 12.6. The summed E-state index contributed by atoms with van der Waals surface area (Å²) >= 11 is 3.45. The quantitative estimate of drug-likeness (QED) is 0.272. The molecule has 3 aromatic carbocycles. The number of hydrogen-bond acceptors (Lipinski definition) is 5. The fourth-order valence-corrected chi connectivity index (χ4v) is 2.83. The van der Waals surface area contributed by atoms with Gasteiger partial charge in [0.2, 0.25) is 0 Å². The first-order valence-electron chi connectivity index (χ1n) is 7.30. The summed E-state index contributed by atoms with van der Waals surface area (Å²) in [5.74, 6) is 0.172. The minimum absolute atomic E-state index is 0.0463. The van der Waals surface area contributed by atoms with Gasteiger partial charge in [-0.3, -0.25) is 10.1 Å². The number of carbonyl (C=O) groups excluding carboxylic acids is 1. The van der Waals surface area contributed by atoms with Gasteiger partial charge in [0, 0.05) is 12.1 Å². The molecule has 6 nitrogen and oxygen atoms in total. The molecular formula is C18H12BrNO5. The molecule has 0 aliphatic rings. The third-order valence-electron chi connectivity index (χ3n) is 3.46. The molecule has 0 spiro atoms. The Balaban J connectivity index is 1.64. The van der Waals surface area contributed by atoms with E-state index >= 15 is 0 Å². The van der Waals surface area contributed by atoms with Crippen molar-refractivity contribution in [1.82, 2.24) is 0 Å². The molecule has 0 bridgehead atoms. The second-order valence-corrected chi connectivity index (χ2v) is 5.91. The van der Waals surface area contributed by atoms with Crippen molar-refractivity contribution in [2.75, 3.05) is 6.61 Å². The average molecular weight is 402 g/mol. The number of non-ortho nitro benzene ring substituents is 1. The number of benzene rings is 3. The molecule has 0 saturated carbocycles. The van der Waals surface area contributed by atoms with Gasteiger partial charge >= 0.3 is 5.97 Å². The third kappa shape index (κ3) is 3.95. The highest BCUT2D eigenvalue weighted by atomic mass is 79.9. The van der Waals surface area contributed by atoms with Gasteiger partial charge in [-0.15, -0.1) is 0 Å². The SMILES string of the molecule is O=C(COc1ccc([N+](=O)[O-])cc1)Oc1ccc2ccccc2c1Br. The van der Waals surface area contributed by atoms with E-state index < -0.39 is 10.9 Å². The van der Waals surface area contributed by atoms with Crippen molar-refractivity contribution < 1.29 is 19.2 Å². The van der Waals surface area contributed by atoms with Gasteiger partial charge in [0.25, 0.3) is 5.69 Å². The Kier molecular flexibility index (Phi) is 4.95. The van der Waals surface area contributed by atoms with Gasteiger partial charge in [-0.2, -0.15) is 0 Å². The molecule has 126 valence electrons. The minimum atomic E-state index is -0.575. The first kappa shape index (κ1) is 16.9. The van der Waals surface area contributed by atoms with E-state index in [1.165, 1.54) is 24.3 Å². The summed E-state index contributed by atoms with van der Waals surface area (Å²) in [4.78, 5) is 22.1. The maximum Gasteiger partial charge on any atom is 0.349 e. The minimum Gasteiger partial charge on any atom is -0.482 e. The van der Waals surface area contributed by atoms with Crippen LogP contribution in [0.5, 0.6) is 11.5 Å². The lowest BCUT2D eigenvalue weighted by atomic mass is 10.1. The van der Waals surface area contributed by atoms with Crippen LogP contribution >= 0.6 is 15.9 Å². The molecule has 0 N–H and O–H groups in total. The fourth-order valence-electron chi connectivity index (χ4n) is 2.25. The molecular weight excluding hydrogens is 390 g/mol. The van der Waals surface area contributed by atoms with Gasteiger partial charge in [-0.1, -0.05) is 30.3 Å². The van der Waals surface area contributed by atoms with Crippen molar-refractivity contribution in [1.29, 1.82) is 0 Å². The molecule has 25 heavy (non-hydrogen) atoms. The molecule has 0 saturated heterocycles. The zero-order chi connectivity index (χ0) is 17.8. The van der Waals surface area contributed by atoms with Crippen molar-refractivity contribution in [3.8, 4) is 11.5 Å². The molecule has 3 rings (SSSR count). The van der Waals surface area contributed by atoms with Crippen LogP contribution in [0.2, 0.25) is 0 Å². The number of nitro benzene ring substituents is 1. The van der Waals surface area contributed by atoms with E-state index in [1.54, 1.807) is 6.07 Å². The molecule has 0 amide bonds. The largest absolute Gasteiger partial charge is 0.482 e. The van der Waals surface area contributed by atoms with Gasteiger partial charge in [0.15, 0.2) is 6.61 Å². The van der Waals surface area contributed by atoms with Crippen LogP contribution < -0.4 is 9.47 Å². The van der Waals surface area contributed by atoms with Gasteiger partial charge < -0.3 is 9.47 Å². The highest BCUT2D eigenvalue weighted by molar-refractivity contribution is 9.10. The Hall–Kier alpha value is -2.93. The first-order chi connectivity index (χ1) is 12.0. The van der Waals surface area contributed by atoms with Crippen LogP contribution in [0.1, 0.15) is 0 Å². The Morgan fingerprint density at radius 2 is 1.76 bits per heavy atom. The average Bonchev–Trinajstić information content (AvgIpc) is 2.63. The number of nitrogens with zero attached hydrogens (tertiary/aromatic N) is 1. The second-order valence-electron chi connectivity index (χ2n) is 5.11. The van der Waals surface area contributed by atoms with Crippen molar-refractivity contribution in [3.05, 3.63) is 75.3 Å².